The molecule has 0 aliphatic carbocycles. The maximum absolute atomic E-state index is 12.5. The number of carbonyl (C=O) groups is 1. The van der Waals surface area contributed by atoms with Crippen molar-refractivity contribution in [3.63, 3.8) is 0 Å². The Morgan fingerprint density at radius 3 is 2.73 bits per heavy atom. The van der Waals surface area contributed by atoms with Gasteiger partial charge in [0.2, 0.25) is 0 Å². The predicted octanol–water partition coefficient (Wildman–Crippen LogP) is 2.58. The second kappa shape index (κ2) is 9.12. The number of aromatic nitrogens is 1. The van der Waals surface area contributed by atoms with Crippen LogP contribution in [0, 0.1) is 6.92 Å². The number of amides is 1. The van der Waals surface area contributed by atoms with Crippen LogP contribution in [0.1, 0.15) is 22.3 Å². The third-order valence-electron chi connectivity index (χ3n) is 4.23. The molecule has 0 atom stereocenters. The molecule has 0 spiro atoms. The van der Waals surface area contributed by atoms with Crippen LogP contribution in [-0.2, 0) is 4.74 Å². The first-order valence-corrected chi connectivity index (χ1v) is 9.78. The molecule has 2 heterocycles. The lowest BCUT2D eigenvalue weighted by Crippen LogP contribution is -2.41. The van der Waals surface area contributed by atoms with E-state index in [1.807, 2.05) is 38.1 Å². The van der Waals surface area contributed by atoms with Gasteiger partial charge < -0.3 is 14.8 Å². The second-order valence-electron chi connectivity index (χ2n) is 6.10. The molecule has 1 fully saturated rings. The smallest absolute Gasteiger partial charge is 0.263 e. The predicted molar refractivity (Wildman–Crippen MR) is 103 cm³/mol. The highest BCUT2D eigenvalue weighted by molar-refractivity contribution is 7.17. The Bertz CT molecular complexity index is 724. The minimum Gasteiger partial charge on any atom is -0.494 e. The van der Waals surface area contributed by atoms with Gasteiger partial charge in [-0.3, -0.25) is 9.69 Å². The molecule has 26 heavy (non-hydrogen) atoms. The fourth-order valence-corrected chi connectivity index (χ4v) is 3.81. The molecular formula is C19H25N3O3S. The van der Waals surface area contributed by atoms with Crippen LogP contribution in [0.4, 0.5) is 0 Å². The van der Waals surface area contributed by atoms with E-state index in [0.717, 1.165) is 54.9 Å². The van der Waals surface area contributed by atoms with Crippen LogP contribution in [-0.4, -0.2) is 61.8 Å². The zero-order chi connectivity index (χ0) is 18.4. The Kier molecular flexibility index (Phi) is 6.60. The Morgan fingerprint density at radius 2 is 2.04 bits per heavy atom. The zero-order valence-corrected chi connectivity index (χ0v) is 16.1. The van der Waals surface area contributed by atoms with Gasteiger partial charge in [-0.25, -0.2) is 4.98 Å². The molecular weight excluding hydrogens is 350 g/mol. The summed E-state index contributed by atoms with van der Waals surface area (Å²) >= 11 is 1.43. The zero-order valence-electron chi connectivity index (χ0n) is 15.3. The maximum atomic E-state index is 12.5. The molecule has 0 saturated carbocycles. The van der Waals surface area contributed by atoms with Crippen molar-refractivity contribution in [2.75, 3.05) is 46.0 Å². The molecule has 7 heteroatoms. The monoisotopic (exact) mass is 375 g/mol. The number of hydrogen-bond donors (Lipinski definition) is 1. The molecule has 1 saturated heterocycles. The lowest BCUT2D eigenvalue weighted by molar-refractivity contribution is 0.0383. The number of morpholine rings is 1. The summed E-state index contributed by atoms with van der Waals surface area (Å²) in [6, 6.07) is 7.81. The van der Waals surface area contributed by atoms with Gasteiger partial charge in [-0.05, 0) is 38.1 Å². The Hall–Kier alpha value is -1.96. The molecule has 2 aromatic rings. The number of nitrogens with zero attached hydrogens (tertiary/aromatic N) is 2. The summed E-state index contributed by atoms with van der Waals surface area (Å²) in [5.41, 5.74) is 1.76. The van der Waals surface area contributed by atoms with Crippen LogP contribution < -0.4 is 10.1 Å². The fourth-order valence-electron chi connectivity index (χ4n) is 2.82. The van der Waals surface area contributed by atoms with E-state index in [1.54, 1.807) is 0 Å². The number of rotatable bonds is 7. The summed E-state index contributed by atoms with van der Waals surface area (Å²) in [6.45, 7) is 9.36. The fraction of sp³-hybridized carbons (Fsp3) is 0.474. The van der Waals surface area contributed by atoms with E-state index in [0.29, 0.717) is 18.0 Å². The minimum atomic E-state index is -0.0505. The number of aryl methyl sites for hydroxylation is 1. The van der Waals surface area contributed by atoms with E-state index in [9.17, 15) is 4.79 Å². The summed E-state index contributed by atoms with van der Waals surface area (Å²) in [6.07, 6.45) is 0. The van der Waals surface area contributed by atoms with Crippen molar-refractivity contribution in [3.8, 4) is 16.3 Å². The van der Waals surface area contributed by atoms with Crippen LogP contribution in [0.25, 0.3) is 10.6 Å². The summed E-state index contributed by atoms with van der Waals surface area (Å²) < 4.78 is 10.8. The standard InChI is InChI=1S/C19H25N3O3S/c1-3-25-16-6-4-15(5-7-16)19-21-14(2)17(26-19)18(23)20-8-9-22-10-12-24-13-11-22/h4-7H,3,8-13H2,1-2H3,(H,20,23). The highest BCUT2D eigenvalue weighted by atomic mass is 32.1. The number of carbonyl (C=O) groups excluding carboxylic acids is 1. The van der Waals surface area contributed by atoms with Crippen LogP contribution in [0.5, 0.6) is 5.75 Å². The molecule has 140 valence electrons. The number of hydrogen-bond acceptors (Lipinski definition) is 6. The highest BCUT2D eigenvalue weighted by Crippen LogP contribution is 2.29. The van der Waals surface area contributed by atoms with Crippen molar-refractivity contribution in [1.29, 1.82) is 0 Å². The normalized spacial score (nSPS) is 15.0. The average Bonchev–Trinajstić information content (AvgIpc) is 3.05. The third kappa shape index (κ3) is 4.81. The molecule has 3 rings (SSSR count). The first-order chi connectivity index (χ1) is 12.7. The van der Waals surface area contributed by atoms with Crippen molar-refractivity contribution in [1.82, 2.24) is 15.2 Å². The van der Waals surface area contributed by atoms with Crippen molar-refractivity contribution >= 4 is 17.2 Å². The molecule has 1 aromatic carbocycles. The quantitative estimate of drug-likeness (QED) is 0.806. The first-order valence-electron chi connectivity index (χ1n) is 8.96. The van der Waals surface area contributed by atoms with Crippen LogP contribution in [0.3, 0.4) is 0 Å². The van der Waals surface area contributed by atoms with Crippen molar-refractivity contribution in [2.45, 2.75) is 13.8 Å². The van der Waals surface area contributed by atoms with E-state index in [-0.39, 0.29) is 5.91 Å². The number of nitrogens with one attached hydrogen (secondary N) is 1. The van der Waals surface area contributed by atoms with Crippen molar-refractivity contribution in [3.05, 3.63) is 34.8 Å². The minimum absolute atomic E-state index is 0.0505. The molecule has 0 radical (unpaired) electrons. The van der Waals surface area contributed by atoms with E-state index in [4.69, 9.17) is 9.47 Å². The van der Waals surface area contributed by atoms with Crippen LogP contribution in [0.15, 0.2) is 24.3 Å². The lowest BCUT2D eigenvalue weighted by Gasteiger charge is -2.26. The number of ether oxygens (including phenoxy) is 2. The molecule has 0 bridgehead atoms. The van der Waals surface area contributed by atoms with Gasteiger partial charge in [0, 0.05) is 31.7 Å². The molecule has 1 N–H and O–H groups in total. The van der Waals surface area contributed by atoms with Gasteiger partial charge in [-0.15, -0.1) is 11.3 Å². The number of thiazole rings is 1. The van der Waals surface area contributed by atoms with Gasteiger partial charge in [-0.1, -0.05) is 0 Å². The molecule has 1 aliphatic heterocycles. The third-order valence-corrected chi connectivity index (χ3v) is 5.44. The summed E-state index contributed by atoms with van der Waals surface area (Å²) in [7, 11) is 0. The van der Waals surface area contributed by atoms with Crippen molar-refractivity contribution < 1.29 is 14.3 Å². The number of benzene rings is 1. The molecule has 1 aromatic heterocycles. The van der Waals surface area contributed by atoms with E-state index in [1.165, 1.54) is 11.3 Å². The molecule has 1 aliphatic rings. The van der Waals surface area contributed by atoms with Gasteiger partial charge in [0.25, 0.3) is 5.91 Å². The largest absolute Gasteiger partial charge is 0.494 e. The first kappa shape index (κ1) is 18.8. The molecule has 1 amide bonds. The topological polar surface area (TPSA) is 63.7 Å². The Morgan fingerprint density at radius 1 is 1.31 bits per heavy atom. The lowest BCUT2D eigenvalue weighted by atomic mass is 10.2. The highest BCUT2D eigenvalue weighted by Gasteiger charge is 2.17. The Labute approximate surface area is 158 Å². The van der Waals surface area contributed by atoms with Gasteiger partial charge in [0.1, 0.15) is 15.6 Å². The molecule has 6 nitrogen and oxygen atoms in total. The summed E-state index contributed by atoms with van der Waals surface area (Å²) in [4.78, 5) is 20.0. The van der Waals surface area contributed by atoms with Crippen molar-refractivity contribution in [2.24, 2.45) is 0 Å². The van der Waals surface area contributed by atoms with Gasteiger partial charge in [0.15, 0.2) is 0 Å². The van der Waals surface area contributed by atoms with Gasteiger partial charge in [-0.2, -0.15) is 0 Å². The van der Waals surface area contributed by atoms with E-state index >= 15 is 0 Å². The van der Waals surface area contributed by atoms with Crippen LogP contribution in [0.2, 0.25) is 0 Å². The summed E-state index contributed by atoms with van der Waals surface area (Å²) in [5.74, 6) is 0.788. The van der Waals surface area contributed by atoms with Gasteiger partial charge >= 0.3 is 0 Å². The molecule has 0 unspecified atom stereocenters. The SMILES string of the molecule is CCOc1ccc(-c2nc(C)c(C(=O)NCCN3CCOCC3)s2)cc1. The van der Waals surface area contributed by atoms with Crippen LogP contribution >= 0.6 is 11.3 Å². The second-order valence-corrected chi connectivity index (χ2v) is 7.10. The maximum Gasteiger partial charge on any atom is 0.263 e. The van der Waals surface area contributed by atoms with E-state index < -0.39 is 0 Å². The van der Waals surface area contributed by atoms with E-state index in [2.05, 4.69) is 15.2 Å². The van der Waals surface area contributed by atoms with Gasteiger partial charge in [0.05, 0.1) is 25.5 Å². The average molecular weight is 375 g/mol. The summed E-state index contributed by atoms with van der Waals surface area (Å²) in [5, 5.41) is 3.86. The Balaban J connectivity index is 1.58.